The minimum absolute atomic E-state index is 0.133. The molecule has 0 unspecified atom stereocenters. The van der Waals surface area contributed by atoms with Crippen molar-refractivity contribution < 1.29 is 22.7 Å². The number of nitrogens with zero attached hydrogens (tertiary/aromatic N) is 2. The molecule has 2 rings (SSSR count). The van der Waals surface area contributed by atoms with Gasteiger partial charge in [-0.05, 0) is 62.9 Å². The zero-order valence-electron chi connectivity index (χ0n) is 21.8. The highest BCUT2D eigenvalue weighted by Crippen LogP contribution is 2.22. The number of carbonyl (C=O) groups excluding carboxylic acids is 2. The third kappa shape index (κ3) is 8.86. The minimum Gasteiger partial charge on any atom is -0.494 e. The number of nitrogens with one attached hydrogen (secondary N) is 1. The number of amides is 2. The molecule has 0 heterocycles. The van der Waals surface area contributed by atoms with Gasteiger partial charge in [-0.1, -0.05) is 37.3 Å². The lowest BCUT2D eigenvalue weighted by Gasteiger charge is -2.31. The molecule has 0 aliphatic rings. The van der Waals surface area contributed by atoms with Crippen molar-refractivity contribution >= 4 is 27.5 Å². The summed E-state index contributed by atoms with van der Waals surface area (Å²) in [7, 11) is -3.55. The van der Waals surface area contributed by atoms with Crippen molar-refractivity contribution in [3.8, 4) is 5.75 Å². The second kappa shape index (κ2) is 14.5. The van der Waals surface area contributed by atoms with Crippen LogP contribution < -0.4 is 14.4 Å². The first-order valence-electron chi connectivity index (χ1n) is 12.5. The van der Waals surface area contributed by atoms with Crippen LogP contribution in [0.1, 0.15) is 45.6 Å². The normalized spacial score (nSPS) is 12.0. The Morgan fingerprint density at radius 1 is 0.972 bits per heavy atom. The van der Waals surface area contributed by atoms with Crippen LogP contribution in [0, 0.1) is 0 Å². The Balaban J connectivity index is 2.12. The molecule has 0 fully saturated rings. The highest BCUT2D eigenvalue weighted by molar-refractivity contribution is 7.92. The summed E-state index contributed by atoms with van der Waals surface area (Å²) in [6.07, 6.45) is 2.73. The number of sulfonamides is 1. The molecule has 1 atom stereocenters. The number of rotatable bonds is 15. The SMILES string of the molecule is CCNC(=O)[C@H](CC)N(CCc1ccccc1)C(=O)CCCN(c1ccc(OCC)cc1)S(C)(=O)=O. The molecule has 0 saturated carbocycles. The zero-order chi connectivity index (χ0) is 26.6. The van der Waals surface area contributed by atoms with E-state index >= 15 is 0 Å². The molecule has 0 aromatic heterocycles. The highest BCUT2D eigenvalue weighted by Gasteiger charge is 2.28. The van der Waals surface area contributed by atoms with Gasteiger partial charge < -0.3 is 15.0 Å². The number of likely N-dealkylation sites (N-methyl/N-ethyl adjacent to an activating group) is 1. The third-order valence-corrected chi connectivity index (χ3v) is 7.00. The summed E-state index contributed by atoms with van der Waals surface area (Å²) < 4.78 is 31.7. The van der Waals surface area contributed by atoms with Gasteiger partial charge in [-0.25, -0.2) is 8.42 Å². The molecule has 0 spiro atoms. The predicted molar refractivity (Wildman–Crippen MR) is 144 cm³/mol. The molecular weight excluding hydrogens is 478 g/mol. The largest absolute Gasteiger partial charge is 0.494 e. The van der Waals surface area contributed by atoms with Crippen molar-refractivity contribution in [3.63, 3.8) is 0 Å². The van der Waals surface area contributed by atoms with Crippen molar-refractivity contribution in [2.45, 2.75) is 52.5 Å². The molecule has 1 N–H and O–H groups in total. The van der Waals surface area contributed by atoms with E-state index in [1.54, 1.807) is 29.2 Å². The third-order valence-electron chi connectivity index (χ3n) is 5.81. The molecule has 9 heteroatoms. The van der Waals surface area contributed by atoms with E-state index in [2.05, 4.69) is 5.32 Å². The van der Waals surface area contributed by atoms with Gasteiger partial charge in [0.2, 0.25) is 21.8 Å². The van der Waals surface area contributed by atoms with Crippen molar-refractivity contribution in [3.05, 3.63) is 60.2 Å². The van der Waals surface area contributed by atoms with E-state index in [-0.39, 0.29) is 24.8 Å². The fourth-order valence-corrected chi connectivity index (χ4v) is 5.03. The standard InChI is InChI=1S/C27H39N3O5S/c1-5-25(27(32)28-6-2)29(21-19-22-12-9-8-10-13-22)26(31)14-11-20-30(36(4,33)34)23-15-17-24(18-16-23)35-7-3/h8-10,12-13,15-18,25H,5-7,11,14,19-21H2,1-4H3,(H,28,32)/t25-/m0/s1. The Labute approximate surface area is 215 Å². The summed E-state index contributed by atoms with van der Waals surface area (Å²) in [6.45, 7) is 7.19. The number of benzene rings is 2. The van der Waals surface area contributed by atoms with E-state index in [9.17, 15) is 18.0 Å². The van der Waals surface area contributed by atoms with Gasteiger partial charge in [-0.2, -0.15) is 0 Å². The maximum Gasteiger partial charge on any atom is 0.242 e. The average Bonchev–Trinajstić information content (AvgIpc) is 2.85. The zero-order valence-corrected chi connectivity index (χ0v) is 22.6. The molecule has 2 aromatic rings. The van der Waals surface area contributed by atoms with Gasteiger partial charge in [0.25, 0.3) is 0 Å². The van der Waals surface area contributed by atoms with Gasteiger partial charge in [0.15, 0.2) is 0 Å². The number of anilines is 1. The van der Waals surface area contributed by atoms with Gasteiger partial charge in [0.05, 0.1) is 18.6 Å². The van der Waals surface area contributed by atoms with Crippen molar-refractivity contribution in [2.75, 3.05) is 36.8 Å². The van der Waals surface area contributed by atoms with Crippen LogP contribution in [0.3, 0.4) is 0 Å². The monoisotopic (exact) mass is 517 g/mol. The van der Waals surface area contributed by atoms with Crippen LogP contribution in [0.4, 0.5) is 5.69 Å². The van der Waals surface area contributed by atoms with E-state index < -0.39 is 16.1 Å². The van der Waals surface area contributed by atoms with Gasteiger partial charge in [0, 0.05) is 26.1 Å². The minimum atomic E-state index is -3.55. The molecule has 2 amide bonds. The summed E-state index contributed by atoms with van der Waals surface area (Å²) in [5.74, 6) is 0.327. The van der Waals surface area contributed by atoms with E-state index in [4.69, 9.17) is 4.74 Å². The Morgan fingerprint density at radius 3 is 2.19 bits per heavy atom. The molecule has 0 aliphatic carbocycles. The second-order valence-electron chi connectivity index (χ2n) is 8.51. The van der Waals surface area contributed by atoms with Gasteiger partial charge in [-0.15, -0.1) is 0 Å². The lowest BCUT2D eigenvalue weighted by molar-refractivity contribution is -0.140. The molecule has 0 bridgehead atoms. The first-order valence-corrected chi connectivity index (χ1v) is 14.4. The number of hydrogen-bond acceptors (Lipinski definition) is 5. The lowest BCUT2D eigenvalue weighted by atomic mass is 10.1. The van der Waals surface area contributed by atoms with E-state index in [0.717, 1.165) is 11.8 Å². The topological polar surface area (TPSA) is 96.0 Å². The van der Waals surface area contributed by atoms with Crippen molar-refractivity contribution in [1.29, 1.82) is 0 Å². The summed E-state index contributed by atoms with van der Waals surface area (Å²) in [5, 5.41) is 2.83. The van der Waals surface area contributed by atoms with Crippen LogP contribution in [-0.4, -0.2) is 63.7 Å². The Morgan fingerprint density at radius 2 is 1.64 bits per heavy atom. The Kier molecular flexibility index (Phi) is 11.7. The second-order valence-corrected chi connectivity index (χ2v) is 10.4. The van der Waals surface area contributed by atoms with Crippen molar-refractivity contribution in [1.82, 2.24) is 10.2 Å². The van der Waals surface area contributed by atoms with E-state index in [1.165, 1.54) is 4.31 Å². The Hall–Kier alpha value is -3.07. The highest BCUT2D eigenvalue weighted by atomic mass is 32.2. The fraction of sp³-hybridized carbons (Fsp3) is 0.481. The summed E-state index contributed by atoms with van der Waals surface area (Å²) in [6, 6.07) is 16.1. The molecule has 0 radical (unpaired) electrons. The average molecular weight is 518 g/mol. The Bertz CT molecular complexity index is 1060. The molecule has 198 valence electrons. The summed E-state index contributed by atoms with van der Waals surface area (Å²) in [4.78, 5) is 27.7. The van der Waals surface area contributed by atoms with Crippen molar-refractivity contribution in [2.24, 2.45) is 0 Å². The van der Waals surface area contributed by atoms with Crippen LogP contribution in [-0.2, 0) is 26.0 Å². The molecular formula is C27H39N3O5S. The maximum absolute atomic E-state index is 13.3. The maximum atomic E-state index is 13.3. The predicted octanol–water partition coefficient (Wildman–Crippen LogP) is 3.62. The summed E-state index contributed by atoms with van der Waals surface area (Å²) >= 11 is 0. The number of carbonyl (C=O) groups is 2. The first kappa shape index (κ1) is 29.2. The number of hydrogen-bond donors (Lipinski definition) is 1. The smallest absolute Gasteiger partial charge is 0.242 e. The molecule has 8 nitrogen and oxygen atoms in total. The quantitative estimate of drug-likeness (QED) is 0.389. The van der Waals surface area contributed by atoms with Crippen LogP contribution in [0.5, 0.6) is 5.75 Å². The molecule has 0 saturated heterocycles. The summed E-state index contributed by atoms with van der Waals surface area (Å²) in [5.41, 5.74) is 1.60. The molecule has 2 aromatic carbocycles. The van der Waals surface area contributed by atoms with Gasteiger partial charge in [-0.3, -0.25) is 13.9 Å². The van der Waals surface area contributed by atoms with E-state index in [1.807, 2.05) is 51.1 Å². The fourth-order valence-electron chi connectivity index (χ4n) is 4.07. The van der Waals surface area contributed by atoms with E-state index in [0.29, 0.717) is 50.4 Å². The van der Waals surface area contributed by atoms with Crippen LogP contribution in [0.2, 0.25) is 0 Å². The van der Waals surface area contributed by atoms with Crippen LogP contribution in [0.25, 0.3) is 0 Å². The van der Waals surface area contributed by atoms with Crippen LogP contribution in [0.15, 0.2) is 54.6 Å². The van der Waals surface area contributed by atoms with Gasteiger partial charge in [0.1, 0.15) is 11.8 Å². The lowest BCUT2D eigenvalue weighted by Crippen LogP contribution is -2.50. The first-order chi connectivity index (χ1) is 17.2. The van der Waals surface area contributed by atoms with Crippen LogP contribution >= 0.6 is 0 Å². The molecule has 0 aliphatic heterocycles. The van der Waals surface area contributed by atoms with Gasteiger partial charge >= 0.3 is 0 Å². The molecule has 36 heavy (non-hydrogen) atoms. The number of ether oxygens (including phenoxy) is 1.